The van der Waals surface area contributed by atoms with E-state index in [1.54, 1.807) is 0 Å². The molecule has 2 unspecified atom stereocenters. The van der Waals surface area contributed by atoms with Crippen LogP contribution >= 0.6 is 0 Å². The maximum absolute atomic E-state index is 11.7. The summed E-state index contributed by atoms with van der Waals surface area (Å²) in [7, 11) is 0. The van der Waals surface area contributed by atoms with Gasteiger partial charge < -0.3 is 4.74 Å². The molecule has 1 saturated heterocycles. The Bertz CT molecular complexity index is 358. The van der Waals surface area contributed by atoms with E-state index in [0.29, 0.717) is 0 Å². The molecule has 2 atom stereocenters. The lowest BCUT2D eigenvalue weighted by atomic mass is 9.95. The second kappa shape index (κ2) is 5.85. The molecule has 1 aliphatic rings. The standard InChI is InChI=1S/C15H20O2/c1-2-3-5-10-13-11-14(17-15(13)16)12-8-6-4-7-9-12/h4,6-9,13-14H,2-3,5,10-11H2,1H3. The summed E-state index contributed by atoms with van der Waals surface area (Å²) in [5.41, 5.74) is 1.12. The highest BCUT2D eigenvalue weighted by Gasteiger charge is 2.34. The first-order valence-corrected chi connectivity index (χ1v) is 6.56. The van der Waals surface area contributed by atoms with E-state index in [2.05, 4.69) is 6.92 Å². The summed E-state index contributed by atoms with van der Waals surface area (Å²) < 4.78 is 5.45. The Kier molecular flexibility index (Phi) is 4.18. The van der Waals surface area contributed by atoms with Crippen LogP contribution in [0.4, 0.5) is 0 Å². The van der Waals surface area contributed by atoms with Gasteiger partial charge in [0, 0.05) is 6.42 Å². The van der Waals surface area contributed by atoms with Crippen LogP contribution in [0.15, 0.2) is 30.3 Å². The van der Waals surface area contributed by atoms with E-state index >= 15 is 0 Å². The molecule has 1 aromatic rings. The fourth-order valence-electron chi connectivity index (χ4n) is 2.39. The average molecular weight is 232 g/mol. The lowest BCUT2D eigenvalue weighted by molar-refractivity contribution is -0.144. The zero-order valence-electron chi connectivity index (χ0n) is 10.4. The molecule has 2 heteroatoms. The number of esters is 1. The number of benzene rings is 1. The first-order chi connectivity index (χ1) is 8.31. The van der Waals surface area contributed by atoms with Crippen LogP contribution < -0.4 is 0 Å². The van der Waals surface area contributed by atoms with E-state index in [1.165, 1.54) is 12.8 Å². The Morgan fingerprint density at radius 3 is 2.71 bits per heavy atom. The minimum absolute atomic E-state index is 0.00467. The van der Waals surface area contributed by atoms with Crippen molar-refractivity contribution in [3.63, 3.8) is 0 Å². The van der Waals surface area contributed by atoms with Crippen LogP contribution in [0.2, 0.25) is 0 Å². The van der Waals surface area contributed by atoms with E-state index in [9.17, 15) is 4.79 Å². The fraction of sp³-hybridized carbons (Fsp3) is 0.533. The van der Waals surface area contributed by atoms with Gasteiger partial charge in [-0.05, 0) is 12.0 Å². The predicted molar refractivity (Wildman–Crippen MR) is 67.5 cm³/mol. The van der Waals surface area contributed by atoms with Crippen molar-refractivity contribution in [1.82, 2.24) is 0 Å². The first kappa shape index (κ1) is 12.2. The summed E-state index contributed by atoms with van der Waals surface area (Å²) in [6, 6.07) is 10.0. The Balaban J connectivity index is 1.91. The van der Waals surface area contributed by atoms with E-state index < -0.39 is 0 Å². The lowest BCUT2D eigenvalue weighted by Crippen LogP contribution is -2.06. The van der Waals surface area contributed by atoms with Crippen molar-refractivity contribution in [2.24, 2.45) is 5.92 Å². The monoisotopic (exact) mass is 232 g/mol. The Labute approximate surface area is 103 Å². The number of carbonyl (C=O) groups is 1. The highest BCUT2D eigenvalue weighted by atomic mass is 16.5. The van der Waals surface area contributed by atoms with Crippen LogP contribution in [0.5, 0.6) is 0 Å². The first-order valence-electron chi connectivity index (χ1n) is 6.56. The predicted octanol–water partition coefficient (Wildman–Crippen LogP) is 3.87. The molecule has 92 valence electrons. The third kappa shape index (κ3) is 3.09. The molecule has 0 aromatic heterocycles. The van der Waals surface area contributed by atoms with Gasteiger partial charge in [0.2, 0.25) is 0 Å². The number of hydrogen-bond acceptors (Lipinski definition) is 2. The summed E-state index contributed by atoms with van der Waals surface area (Å²) in [6.07, 6.45) is 5.36. The van der Waals surface area contributed by atoms with Crippen LogP contribution in [0.25, 0.3) is 0 Å². The highest BCUT2D eigenvalue weighted by Crippen LogP contribution is 2.35. The number of ether oxygens (including phenoxy) is 1. The van der Waals surface area contributed by atoms with Gasteiger partial charge in [-0.1, -0.05) is 56.5 Å². The summed E-state index contributed by atoms with van der Waals surface area (Å²) >= 11 is 0. The Morgan fingerprint density at radius 2 is 2.00 bits per heavy atom. The largest absolute Gasteiger partial charge is 0.457 e. The molecule has 2 rings (SSSR count). The van der Waals surface area contributed by atoms with Gasteiger partial charge in [0.25, 0.3) is 0 Å². The van der Waals surface area contributed by atoms with Gasteiger partial charge in [-0.25, -0.2) is 0 Å². The van der Waals surface area contributed by atoms with Gasteiger partial charge in [0.05, 0.1) is 5.92 Å². The summed E-state index contributed by atoms with van der Waals surface area (Å²) in [5.74, 6) is 0.113. The third-order valence-corrected chi connectivity index (χ3v) is 3.42. The highest BCUT2D eigenvalue weighted by molar-refractivity contribution is 5.74. The molecule has 0 aliphatic carbocycles. The van der Waals surface area contributed by atoms with E-state index in [0.717, 1.165) is 24.8 Å². The van der Waals surface area contributed by atoms with Crippen LogP contribution in [-0.2, 0) is 9.53 Å². The number of cyclic esters (lactones) is 1. The SMILES string of the molecule is CCCCCC1CC(c2ccccc2)OC1=O. The van der Waals surface area contributed by atoms with Crippen LogP contribution in [0, 0.1) is 5.92 Å². The summed E-state index contributed by atoms with van der Waals surface area (Å²) in [6.45, 7) is 2.18. The fourth-order valence-corrected chi connectivity index (χ4v) is 2.39. The smallest absolute Gasteiger partial charge is 0.309 e. The molecule has 0 bridgehead atoms. The third-order valence-electron chi connectivity index (χ3n) is 3.42. The molecular weight excluding hydrogens is 212 g/mol. The van der Waals surface area contributed by atoms with Crippen molar-refractivity contribution in [2.75, 3.05) is 0 Å². The molecule has 1 aromatic carbocycles. The topological polar surface area (TPSA) is 26.3 Å². The quantitative estimate of drug-likeness (QED) is 0.569. The van der Waals surface area contributed by atoms with E-state index in [4.69, 9.17) is 4.74 Å². The van der Waals surface area contributed by atoms with Crippen LogP contribution in [0.3, 0.4) is 0 Å². The molecule has 0 spiro atoms. The van der Waals surface area contributed by atoms with Gasteiger partial charge in [0.1, 0.15) is 6.10 Å². The van der Waals surface area contributed by atoms with Gasteiger partial charge in [-0.15, -0.1) is 0 Å². The number of unbranched alkanes of at least 4 members (excludes halogenated alkanes) is 2. The van der Waals surface area contributed by atoms with Gasteiger partial charge in [-0.3, -0.25) is 4.79 Å². The van der Waals surface area contributed by atoms with Crippen molar-refractivity contribution in [2.45, 2.75) is 45.1 Å². The van der Waals surface area contributed by atoms with Crippen molar-refractivity contribution in [3.8, 4) is 0 Å². The normalized spacial score (nSPS) is 23.7. The second-order valence-corrected chi connectivity index (χ2v) is 4.76. The molecule has 1 fully saturated rings. The summed E-state index contributed by atoms with van der Waals surface area (Å²) in [4.78, 5) is 11.7. The Morgan fingerprint density at radius 1 is 1.24 bits per heavy atom. The molecule has 0 amide bonds. The molecular formula is C15H20O2. The molecule has 0 radical (unpaired) electrons. The minimum atomic E-state index is -0.0182. The van der Waals surface area contributed by atoms with Gasteiger partial charge in [-0.2, -0.15) is 0 Å². The van der Waals surface area contributed by atoms with E-state index in [-0.39, 0.29) is 18.0 Å². The van der Waals surface area contributed by atoms with Gasteiger partial charge >= 0.3 is 5.97 Å². The van der Waals surface area contributed by atoms with E-state index in [1.807, 2.05) is 30.3 Å². The maximum atomic E-state index is 11.7. The molecule has 17 heavy (non-hydrogen) atoms. The number of carbonyl (C=O) groups excluding carboxylic acids is 1. The molecule has 1 aliphatic heterocycles. The zero-order valence-corrected chi connectivity index (χ0v) is 10.4. The van der Waals surface area contributed by atoms with Crippen molar-refractivity contribution < 1.29 is 9.53 Å². The molecule has 1 heterocycles. The van der Waals surface area contributed by atoms with Crippen molar-refractivity contribution in [3.05, 3.63) is 35.9 Å². The zero-order chi connectivity index (χ0) is 12.1. The molecule has 0 saturated carbocycles. The number of hydrogen-bond donors (Lipinski definition) is 0. The minimum Gasteiger partial charge on any atom is -0.457 e. The number of rotatable bonds is 5. The van der Waals surface area contributed by atoms with Crippen molar-refractivity contribution in [1.29, 1.82) is 0 Å². The van der Waals surface area contributed by atoms with Gasteiger partial charge in [0.15, 0.2) is 0 Å². The molecule has 2 nitrogen and oxygen atoms in total. The molecule has 0 N–H and O–H groups in total. The Hall–Kier alpha value is -1.31. The lowest BCUT2D eigenvalue weighted by Gasteiger charge is -2.08. The van der Waals surface area contributed by atoms with Crippen molar-refractivity contribution >= 4 is 5.97 Å². The van der Waals surface area contributed by atoms with Crippen LogP contribution in [0.1, 0.15) is 50.7 Å². The van der Waals surface area contributed by atoms with Crippen LogP contribution in [-0.4, -0.2) is 5.97 Å². The summed E-state index contributed by atoms with van der Waals surface area (Å²) in [5, 5.41) is 0. The second-order valence-electron chi connectivity index (χ2n) is 4.76. The maximum Gasteiger partial charge on any atom is 0.309 e. The average Bonchev–Trinajstić information content (AvgIpc) is 2.73.